The summed E-state index contributed by atoms with van der Waals surface area (Å²) in [6, 6.07) is 14.1. The van der Waals surface area contributed by atoms with Gasteiger partial charge in [-0.3, -0.25) is 4.90 Å². The molecular weight excluding hydrogens is 262 g/mol. The zero-order chi connectivity index (χ0) is 14.8. The standard InChI is InChI=1S/C17H19N3O/c1-12-5-3-6-13(9-12)10-20(2)11-16-19-17-14(18)7-4-8-15(17)21-16/h3-9H,10-11,18H2,1-2H3. The van der Waals surface area contributed by atoms with Gasteiger partial charge in [-0.2, -0.15) is 0 Å². The fourth-order valence-corrected chi connectivity index (χ4v) is 2.49. The third-order valence-corrected chi connectivity index (χ3v) is 3.43. The highest BCUT2D eigenvalue weighted by molar-refractivity contribution is 5.85. The second-order valence-electron chi connectivity index (χ2n) is 5.46. The fraction of sp³-hybridized carbons (Fsp3) is 0.235. The number of nitrogens with zero attached hydrogens (tertiary/aromatic N) is 2. The lowest BCUT2D eigenvalue weighted by atomic mass is 10.1. The maximum atomic E-state index is 5.90. The first-order valence-electron chi connectivity index (χ1n) is 7.00. The van der Waals surface area contributed by atoms with E-state index in [0.29, 0.717) is 18.1 Å². The SMILES string of the molecule is Cc1cccc(CN(C)Cc2nc3c(N)cccc3o2)c1. The summed E-state index contributed by atoms with van der Waals surface area (Å²) in [5, 5.41) is 0. The highest BCUT2D eigenvalue weighted by Gasteiger charge is 2.10. The second-order valence-corrected chi connectivity index (χ2v) is 5.46. The van der Waals surface area contributed by atoms with Crippen molar-refractivity contribution in [3.8, 4) is 0 Å². The van der Waals surface area contributed by atoms with Crippen molar-refractivity contribution in [3.05, 3.63) is 59.5 Å². The first-order chi connectivity index (χ1) is 10.1. The number of anilines is 1. The molecule has 108 valence electrons. The van der Waals surface area contributed by atoms with E-state index in [1.54, 1.807) is 0 Å². The van der Waals surface area contributed by atoms with E-state index in [9.17, 15) is 0 Å². The summed E-state index contributed by atoms with van der Waals surface area (Å²) in [6.45, 7) is 3.62. The van der Waals surface area contributed by atoms with E-state index in [1.807, 2.05) is 18.2 Å². The van der Waals surface area contributed by atoms with E-state index < -0.39 is 0 Å². The predicted octanol–water partition coefficient (Wildman–Crippen LogP) is 3.35. The number of nitrogens with two attached hydrogens (primary N) is 1. The summed E-state index contributed by atoms with van der Waals surface area (Å²) in [4.78, 5) is 6.65. The topological polar surface area (TPSA) is 55.3 Å². The molecule has 4 nitrogen and oxygen atoms in total. The molecule has 2 N–H and O–H groups in total. The Morgan fingerprint density at radius 2 is 1.95 bits per heavy atom. The van der Waals surface area contributed by atoms with Gasteiger partial charge in [0.05, 0.1) is 12.2 Å². The number of rotatable bonds is 4. The smallest absolute Gasteiger partial charge is 0.209 e. The van der Waals surface area contributed by atoms with Gasteiger partial charge in [0.15, 0.2) is 5.58 Å². The third kappa shape index (κ3) is 3.06. The minimum Gasteiger partial charge on any atom is -0.439 e. The first kappa shape index (κ1) is 13.6. The predicted molar refractivity (Wildman–Crippen MR) is 84.8 cm³/mol. The lowest BCUT2D eigenvalue weighted by molar-refractivity contribution is 0.285. The number of aryl methyl sites for hydroxylation is 1. The number of nitrogen functional groups attached to an aromatic ring is 1. The van der Waals surface area contributed by atoms with E-state index in [4.69, 9.17) is 10.2 Å². The van der Waals surface area contributed by atoms with Crippen molar-refractivity contribution < 1.29 is 4.42 Å². The molecule has 0 saturated carbocycles. The van der Waals surface area contributed by atoms with E-state index in [-0.39, 0.29) is 0 Å². The van der Waals surface area contributed by atoms with Crippen LogP contribution in [-0.4, -0.2) is 16.9 Å². The molecule has 3 aromatic rings. The summed E-state index contributed by atoms with van der Waals surface area (Å²) in [7, 11) is 2.06. The number of para-hydroxylation sites is 1. The molecule has 0 radical (unpaired) electrons. The average Bonchev–Trinajstić information content (AvgIpc) is 2.82. The molecule has 4 heteroatoms. The number of fused-ring (bicyclic) bond motifs is 1. The van der Waals surface area contributed by atoms with Crippen LogP contribution in [0.4, 0.5) is 5.69 Å². The van der Waals surface area contributed by atoms with Crippen LogP contribution in [0.25, 0.3) is 11.1 Å². The molecular formula is C17H19N3O. The van der Waals surface area contributed by atoms with Gasteiger partial charge in [0, 0.05) is 6.54 Å². The van der Waals surface area contributed by atoms with Crippen LogP contribution >= 0.6 is 0 Å². The van der Waals surface area contributed by atoms with Gasteiger partial charge in [0.2, 0.25) is 5.89 Å². The molecule has 1 aromatic heterocycles. The maximum Gasteiger partial charge on any atom is 0.209 e. The number of benzene rings is 2. The Morgan fingerprint density at radius 3 is 2.71 bits per heavy atom. The minimum atomic E-state index is 0.655. The summed E-state index contributed by atoms with van der Waals surface area (Å²) >= 11 is 0. The summed E-state index contributed by atoms with van der Waals surface area (Å²) in [6.07, 6.45) is 0. The molecule has 0 aliphatic rings. The molecule has 1 heterocycles. The van der Waals surface area contributed by atoms with Crippen LogP contribution in [0.1, 0.15) is 17.0 Å². The molecule has 0 unspecified atom stereocenters. The quantitative estimate of drug-likeness (QED) is 0.745. The number of aromatic nitrogens is 1. The van der Waals surface area contributed by atoms with Crippen molar-refractivity contribution in [2.75, 3.05) is 12.8 Å². The van der Waals surface area contributed by atoms with E-state index in [0.717, 1.165) is 17.6 Å². The Labute approximate surface area is 124 Å². The van der Waals surface area contributed by atoms with Crippen molar-refractivity contribution in [1.82, 2.24) is 9.88 Å². The van der Waals surface area contributed by atoms with Crippen molar-refractivity contribution in [2.24, 2.45) is 0 Å². The molecule has 0 aliphatic carbocycles. The van der Waals surface area contributed by atoms with Gasteiger partial charge in [-0.15, -0.1) is 0 Å². The molecule has 0 spiro atoms. The van der Waals surface area contributed by atoms with Gasteiger partial charge >= 0.3 is 0 Å². The van der Waals surface area contributed by atoms with E-state index >= 15 is 0 Å². The molecule has 0 bridgehead atoms. The molecule has 3 rings (SSSR count). The molecule has 0 atom stereocenters. The Morgan fingerprint density at radius 1 is 1.14 bits per heavy atom. The van der Waals surface area contributed by atoms with Crippen molar-refractivity contribution >= 4 is 16.8 Å². The van der Waals surface area contributed by atoms with Crippen molar-refractivity contribution in [1.29, 1.82) is 0 Å². The van der Waals surface area contributed by atoms with Crippen LogP contribution in [0, 0.1) is 6.92 Å². The zero-order valence-electron chi connectivity index (χ0n) is 12.3. The Bertz CT molecular complexity index is 764. The van der Waals surface area contributed by atoms with Gasteiger partial charge in [-0.1, -0.05) is 35.9 Å². The van der Waals surface area contributed by atoms with Crippen LogP contribution in [-0.2, 0) is 13.1 Å². The van der Waals surface area contributed by atoms with Crippen molar-refractivity contribution in [2.45, 2.75) is 20.0 Å². The molecule has 21 heavy (non-hydrogen) atoms. The van der Waals surface area contributed by atoms with E-state index in [2.05, 4.69) is 48.1 Å². The monoisotopic (exact) mass is 281 g/mol. The van der Waals surface area contributed by atoms with Gasteiger partial charge in [-0.25, -0.2) is 4.98 Å². The molecule has 0 fully saturated rings. The van der Waals surface area contributed by atoms with Crippen molar-refractivity contribution in [3.63, 3.8) is 0 Å². The van der Waals surface area contributed by atoms with Crippen LogP contribution in [0.3, 0.4) is 0 Å². The molecule has 2 aromatic carbocycles. The number of oxazole rings is 1. The Kier molecular flexibility index (Phi) is 3.62. The maximum absolute atomic E-state index is 5.90. The second kappa shape index (κ2) is 5.58. The lowest BCUT2D eigenvalue weighted by Gasteiger charge is -2.14. The van der Waals surface area contributed by atoms with Crippen LogP contribution in [0.5, 0.6) is 0 Å². The van der Waals surface area contributed by atoms with Crippen LogP contribution in [0.15, 0.2) is 46.9 Å². The van der Waals surface area contributed by atoms with Crippen LogP contribution < -0.4 is 5.73 Å². The Hall–Kier alpha value is -2.33. The lowest BCUT2D eigenvalue weighted by Crippen LogP contribution is -2.17. The van der Waals surface area contributed by atoms with Crippen LogP contribution in [0.2, 0.25) is 0 Å². The summed E-state index contributed by atoms with van der Waals surface area (Å²) < 4.78 is 5.75. The van der Waals surface area contributed by atoms with E-state index in [1.165, 1.54) is 11.1 Å². The third-order valence-electron chi connectivity index (χ3n) is 3.43. The van der Waals surface area contributed by atoms with Gasteiger partial charge in [-0.05, 0) is 31.7 Å². The molecule has 0 amide bonds. The van der Waals surface area contributed by atoms with Gasteiger partial charge in [0.1, 0.15) is 5.52 Å². The minimum absolute atomic E-state index is 0.655. The Balaban J connectivity index is 1.74. The highest BCUT2D eigenvalue weighted by Crippen LogP contribution is 2.22. The summed E-state index contributed by atoms with van der Waals surface area (Å²) in [5.74, 6) is 0.693. The summed E-state index contributed by atoms with van der Waals surface area (Å²) in [5.41, 5.74) is 10.6. The zero-order valence-corrected chi connectivity index (χ0v) is 12.3. The van der Waals surface area contributed by atoms with Gasteiger partial charge in [0.25, 0.3) is 0 Å². The number of hydrogen-bond acceptors (Lipinski definition) is 4. The highest BCUT2D eigenvalue weighted by atomic mass is 16.3. The fourth-order valence-electron chi connectivity index (χ4n) is 2.49. The normalized spacial score (nSPS) is 11.4. The average molecular weight is 281 g/mol. The molecule has 0 aliphatic heterocycles. The van der Waals surface area contributed by atoms with Gasteiger partial charge < -0.3 is 10.2 Å². The number of hydrogen-bond donors (Lipinski definition) is 1. The largest absolute Gasteiger partial charge is 0.439 e. The molecule has 0 saturated heterocycles. The first-order valence-corrected chi connectivity index (χ1v) is 7.00.